The van der Waals surface area contributed by atoms with Gasteiger partial charge in [0, 0.05) is 17.0 Å². The Morgan fingerprint density at radius 3 is 2.72 bits per heavy atom. The van der Waals surface area contributed by atoms with E-state index in [2.05, 4.69) is 10.1 Å². The number of aliphatic hydroxyl groups is 1. The van der Waals surface area contributed by atoms with Crippen molar-refractivity contribution in [2.45, 2.75) is 25.5 Å². The third-order valence-electron chi connectivity index (χ3n) is 2.76. The zero-order chi connectivity index (χ0) is 13.2. The molecule has 0 bridgehead atoms. The fourth-order valence-corrected chi connectivity index (χ4v) is 2.49. The summed E-state index contributed by atoms with van der Waals surface area (Å²) in [6.07, 6.45) is 4.11. The Morgan fingerprint density at radius 2 is 2.17 bits per heavy atom. The van der Waals surface area contributed by atoms with Crippen LogP contribution in [0.2, 0.25) is 10.0 Å². The van der Waals surface area contributed by atoms with Crippen LogP contribution in [0.4, 0.5) is 0 Å². The molecule has 0 radical (unpaired) electrons. The number of benzene rings is 1. The van der Waals surface area contributed by atoms with Gasteiger partial charge < -0.3 is 5.11 Å². The summed E-state index contributed by atoms with van der Waals surface area (Å²) in [4.78, 5) is 3.87. The average molecular weight is 286 g/mol. The molecule has 1 atom stereocenters. The number of nitrogens with zero attached hydrogens (tertiary/aromatic N) is 3. The molecule has 1 heterocycles. The van der Waals surface area contributed by atoms with E-state index < -0.39 is 5.72 Å². The third kappa shape index (κ3) is 2.36. The Morgan fingerprint density at radius 1 is 1.39 bits per heavy atom. The molecule has 0 aliphatic carbocycles. The van der Waals surface area contributed by atoms with Crippen LogP contribution in [-0.4, -0.2) is 19.9 Å². The van der Waals surface area contributed by atoms with Crippen molar-refractivity contribution in [3.63, 3.8) is 0 Å². The molecule has 1 aromatic carbocycles. The van der Waals surface area contributed by atoms with E-state index in [-0.39, 0.29) is 0 Å². The van der Waals surface area contributed by atoms with Gasteiger partial charge in [-0.2, -0.15) is 5.10 Å². The first-order chi connectivity index (χ1) is 8.58. The summed E-state index contributed by atoms with van der Waals surface area (Å²) in [6.45, 7) is 1.98. The first-order valence-corrected chi connectivity index (χ1v) is 6.36. The van der Waals surface area contributed by atoms with Crippen LogP contribution in [0.15, 0.2) is 30.9 Å². The quantitative estimate of drug-likeness (QED) is 0.939. The molecule has 2 aromatic rings. The SMILES string of the molecule is CCCC(O)(c1ccc(Cl)cc1Cl)n1cncn1. The predicted octanol–water partition coefficient (Wildman–Crippen LogP) is 3.08. The van der Waals surface area contributed by atoms with Crippen molar-refractivity contribution in [1.29, 1.82) is 0 Å². The van der Waals surface area contributed by atoms with Crippen molar-refractivity contribution in [2.75, 3.05) is 0 Å². The molecule has 0 aliphatic heterocycles. The highest BCUT2D eigenvalue weighted by atomic mass is 35.5. The molecule has 0 spiro atoms. The summed E-state index contributed by atoms with van der Waals surface area (Å²) >= 11 is 12.0. The molecule has 96 valence electrons. The third-order valence-corrected chi connectivity index (χ3v) is 3.31. The van der Waals surface area contributed by atoms with Crippen molar-refractivity contribution < 1.29 is 5.11 Å². The summed E-state index contributed by atoms with van der Waals surface area (Å²) < 4.78 is 1.41. The monoisotopic (exact) mass is 285 g/mol. The summed E-state index contributed by atoms with van der Waals surface area (Å²) in [5.74, 6) is 0. The Hall–Kier alpha value is -1.10. The van der Waals surface area contributed by atoms with E-state index in [0.29, 0.717) is 22.0 Å². The normalized spacial score (nSPS) is 14.4. The molecular weight excluding hydrogens is 273 g/mol. The van der Waals surface area contributed by atoms with Crippen LogP contribution in [0.3, 0.4) is 0 Å². The Labute approximate surface area is 115 Å². The molecule has 0 fully saturated rings. The molecular formula is C12H13Cl2N3O. The van der Waals surface area contributed by atoms with E-state index >= 15 is 0 Å². The Bertz CT molecular complexity index is 530. The van der Waals surface area contributed by atoms with E-state index in [1.165, 1.54) is 17.3 Å². The first-order valence-electron chi connectivity index (χ1n) is 5.61. The van der Waals surface area contributed by atoms with Gasteiger partial charge in [0.2, 0.25) is 0 Å². The maximum Gasteiger partial charge on any atom is 0.187 e. The fraction of sp³-hybridized carbons (Fsp3) is 0.333. The van der Waals surface area contributed by atoms with Crippen LogP contribution in [0.25, 0.3) is 0 Å². The Balaban J connectivity index is 2.54. The van der Waals surface area contributed by atoms with Crippen molar-refractivity contribution >= 4 is 23.2 Å². The second-order valence-corrected chi connectivity index (χ2v) is 4.87. The van der Waals surface area contributed by atoms with E-state index in [9.17, 15) is 5.11 Å². The van der Waals surface area contributed by atoms with E-state index in [0.717, 1.165) is 6.42 Å². The van der Waals surface area contributed by atoms with Crippen molar-refractivity contribution in [3.8, 4) is 0 Å². The lowest BCUT2D eigenvalue weighted by molar-refractivity contribution is -0.0160. The zero-order valence-corrected chi connectivity index (χ0v) is 11.4. The van der Waals surface area contributed by atoms with Crippen LogP contribution in [0, 0.1) is 0 Å². The minimum atomic E-state index is -1.30. The Kier molecular flexibility index (Phi) is 3.90. The number of rotatable bonds is 4. The first kappa shape index (κ1) is 13.3. The number of hydrogen-bond donors (Lipinski definition) is 1. The second-order valence-electron chi connectivity index (χ2n) is 4.03. The van der Waals surface area contributed by atoms with Crippen molar-refractivity contribution in [3.05, 3.63) is 46.5 Å². The smallest absolute Gasteiger partial charge is 0.187 e. The fourth-order valence-electron chi connectivity index (χ4n) is 1.93. The highest BCUT2D eigenvalue weighted by Gasteiger charge is 2.33. The van der Waals surface area contributed by atoms with Crippen molar-refractivity contribution in [2.24, 2.45) is 0 Å². The summed E-state index contributed by atoms with van der Waals surface area (Å²) in [5, 5.41) is 15.8. The molecule has 2 rings (SSSR count). The topological polar surface area (TPSA) is 50.9 Å². The van der Waals surface area contributed by atoms with Gasteiger partial charge in [-0.05, 0) is 12.1 Å². The van der Waals surface area contributed by atoms with Crippen LogP contribution >= 0.6 is 23.2 Å². The van der Waals surface area contributed by atoms with Gasteiger partial charge in [0.1, 0.15) is 12.7 Å². The van der Waals surface area contributed by atoms with Gasteiger partial charge in [-0.15, -0.1) is 0 Å². The largest absolute Gasteiger partial charge is 0.365 e. The predicted molar refractivity (Wildman–Crippen MR) is 70.7 cm³/mol. The van der Waals surface area contributed by atoms with E-state index in [1.807, 2.05) is 6.92 Å². The highest BCUT2D eigenvalue weighted by Crippen LogP contribution is 2.34. The van der Waals surface area contributed by atoms with Crippen LogP contribution in [0.1, 0.15) is 25.3 Å². The number of halogens is 2. The molecule has 0 aliphatic rings. The zero-order valence-electron chi connectivity index (χ0n) is 9.85. The maximum atomic E-state index is 10.8. The van der Waals surface area contributed by atoms with Gasteiger partial charge in [0.15, 0.2) is 5.72 Å². The molecule has 18 heavy (non-hydrogen) atoms. The number of aromatic nitrogens is 3. The van der Waals surface area contributed by atoms with Gasteiger partial charge in [-0.1, -0.05) is 42.6 Å². The minimum absolute atomic E-state index is 0.411. The summed E-state index contributed by atoms with van der Waals surface area (Å²) in [6, 6.07) is 5.01. The van der Waals surface area contributed by atoms with Crippen LogP contribution < -0.4 is 0 Å². The lowest BCUT2D eigenvalue weighted by atomic mass is 9.98. The van der Waals surface area contributed by atoms with Gasteiger partial charge in [0.05, 0.1) is 5.02 Å². The minimum Gasteiger partial charge on any atom is -0.365 e. The van der Waals surface area contributed by atoms with Crippen LogP contribution in [-0.2, 0) is 5.72 Å². The van der Waals surface area contributed by atoms with Crippen LogP contribution in [0.5, 0.6) is 0 Å². The molecule has 0 saturated heterocycles. The lowest BCUT2D eigenvalue weighted by Crippen LogP contribution is -2.35. The summed E-state index contributed by atoms with van der Waals surface area (Å²) in [5.41, 5.74) is -0.728. The summed E-state index contributed by atoms with van der Waals surface area (Å²) in [7, 11) is 0. The van der Waals surface area contributed by atoms with Crippen molar-refractivity contribution in [1.82, 2.24) is 14.8 Å². The molecule has 6 heteroatoms. The standard InChI is InChI=1S/C12H13Cl2N3O/c1-2-5-12(18,17-8-15-7-16-17)10-4-3-9(13)6-11(10)14/h3-4,6-8,18H,2,5H2,1H3. The highest BCUT2D eigenvalue weighted by molar-refractivity contribution is 6.35. The lowest BCUT2D eigenvalue weighted by Gasteiger charge is -2.29. The van der Waals surface area contributed by atoms with Gasteiger partial charge in [-0.25, -0.2) is 9.67 Å². The van der Waals surface area contributed by atoms with Gasteiger partial charge in [0.25, 0.3) is 0 Å². The molecule has 1 aromatic heterocycles. The molecule has 0 saturated carbocycles. The van der Waals surface area contributed by atoms with Gasteiger partial charge in [-0.3, -0.25) is 0 Å². The second kappa shape index (κ2) is 5.26. The maximum absolute atomic E-state index is 10.8. The molecule has 4 nitrogen and oxygen atoms in total. The average Bonchev–Trinajstić information content (AvgIpc) is 2.82. The van der Waals surface area contributed by atoms with Gasteiger partial charge >= 0.3 is 0 Å². The molecule has 1 unspecified atom stereocenters. The molecule has 0 amide bonds. The van der Waals surface area contributed by atoms with E-state index in [1.54, 1.807) is 18.2 Å². The molecule has 1 N–H and O–H groups in total. The van der Waals surface area contributed by atoms with E-state index in [4.69, 9.17) is 23.2 Å². The number of hydrogen-bond acceptors (Lipinski definition) is 3.